The van der Waals surface area contributed by atoms with Crippen LogP contribution >= 0.6 is 0 Å². The third-order valence-electron chi connectivity index (χ3n) is 6.29. The van der Waals surface area contributed by atoms with E-state index in [0.717, 1.165) is 46.1 Å². The summed E-state index contributed by atoms with van der Waals surface area (Å²) >= 11 is 0. The van der Waals surface area contributed by atoms with Crippen molar-refractivity contribution in [3.63, 3.8) is 0 Å². The summed E-state index contributed by atoms with van der Waals surface area (Å²) in [4.78, 5) is 35.6. The van der Waals surface area contributed by atoms with E-state index in [2.05, 4.69) is 51.3 Å². The number of fused-ring (bicyclic) bond motifs is 2. The Morgan fingerprint density at radius 3 is 2.59 bits per heavy atom. The van der Waals surface area contributed by atoms with Crippen molar-refractivity contribution in [1.82, 2.24) is 34.8 Å². The number of carbonyl (C=O) groups excluding carboxylic acids is 1. The molecule has 34 heavy (non-hydrogen) atoms. The molecule has 1 aliphatic rings. The SMILES string of the molecule is CCn1c(-c2cnc(C)nc2)nc2c(-c3ccc4c(c3)[C@](C)(NCC(C)C)C(=O)N4)ncnc21. The van der Waals surface area contributed by atoms with Crippen LogP contribution in [0.15, 0.2) is 36.9 Å². The molecule has 0 bridgehead atoms. The number of hydrogen-bond donors (Lipinski definition) is 2. The third kappa shape index (κ3) is 3.52. The fraction of sp³-hybridized carbons (Fsp3) is 0.360. The molecule has 0 aliphatic carbocycles. The molecular formula is C25H28N8O. The van der Waals surface area contributed by atoms with Crippen LogP contribution in [0, 0.1) is 12.8 Å². The zero-order chi connectivity index (χ0) is 24.0. The number of imidazole rings is 1. The Kier molecular flexibility index (Phi) is 5.36. The smallest absolute Gasteiger partial charge is 0.249 e. The molecule has 1 atom stereocenters. The summed E-state index contributed by atoms with van der Waals surface area (Å²) in [6.07, 6.45) is 5.12. The van der Waals surface area contributed by atoms with Crippen LogP contribution in [-0.2, 0) is 16.9 Å². The Bertz CT molecular complexity index is 1390. The minimum absolute atomic E-state index is 0.0509. The summed E-state index contributed by atoms with van der Waals surface area (Å²) in [6, 6.07) is 5.93. The Labute approximate surface area is 198 Å². The van der Waals surface area contributed by atoms with Crippen molar-refractivity contribution in [2.75, 3.05) is 11.9 Å². The van der Waals surface area contributed by atoms with Gasteiger partial charge in [0, 0.05) is 35.8 Å². The lowest BCUT2D eigenvalue weighted by Crippen LogP contribution is -2.46. The number of rotatable bonds is 6. The maximum Gasteiger partial charge on any atom is 0.249 e. The van der Waals surface area contributed by atoms with E-state index >= 15 is 0 Å². The molecule has 0 saturated carbocycles. The molecule has 4 heterocycles. The molecule has 1 aliphatic heterocycles. The number of amides is 1. The second-order valence-electron chi connectivity index (χ2n) is 9.21. The molecule has 2 N–H and O–H groups in total. The van der Waals surface area contributed by atoms with E-state index in [0.29, 0.717) is 23.8 Å². The molecule has 4 aromatic rings. The zero-order valence-corrected chi connectivity index (χ0v) is 20.0. The van der Waals surface area contributed by atoms with Crippen LogP contribution < -0.4 is 10.6 Å². The molecule has 1 aromatic carbocycles. The molecule has 0 saturated heterocycles. The van der Waals surface area contributed by atoms with Crippen molar-refractivity contribution < 1.29 is 4.79 Å². The monoisotopic (exact) mass is 456 g/mol. The first-order valence-electron chi connectivity index (χ1n) is 11.5. The van der Waals surface area contributed by atoms with Crippen molar-refractivity contribution in [3.8, 4) is 22.6 Å². The van der Waals surface area contributed by atoms with Gasteiger partial charge < -0.3 is 9.88 Å². The van der Waals surface area contributed by atoms with Gasteiger partial charge in [-0.05, 0) is 45.4 Å². The van der Waals surface area contributed by atoms with E-state index < -0.39 is 5.54 Å². The highest BCUT2D eigenvalue weighted by Crippen LogP contribution is 2.39. The molecule has 9 nitrogen and oxygen atoms in total. The molecule has 3 aromatic heterocycles. The number of anilines is 1. The van der Waals surface area contributed by atoms with Gasteiger partial charge in [-0.1, -0.05) is 19.9 Å². The predicted molar refractivity (Wildman–Crippen MR) is 131 cm³/mol. The number of nitrogens with one attached hydrogen (secondary N) is 2. The van der Waals surface area contributed by atoms with Gasteiger partial charge in [-0.3, -0.25) is 10.1 Å². The number of benzene rings is 1. The van der Waals surface area contributed by atoms with Crippen molar-refractivity contribution in [1.29, 1.82) is 0 Å². The number of aryl methyl sites for hydroxylation is 2. The maximum atomic E-state index is 12.9. The Morgan fingerprint density at radius 1 is 1.12 bits per heavy atom. The van der Waals surface area contributed by atoms with Crippen molar-refractivity contribution in [2.24, 2.45) is 5.92 Å². The second kappa shape index (κ2) is 8.25. The Balaban J connectivity index is 1.64. The van der Waals surface area contributed by atoms with Gasteiger partial charge in [-0.2, -0.15) is 0 Å². The summed E-state index contributed by atoms with van der Waals surface area (Å²) < 4.78 is 2.04. The van der Waals surface area contributed by atoms with E-state index in [1.54, 1.807) is 18.7 Å². The largest absolute Gasteiger partial charge is 0.324 e. The Hall–Kier alpha value is -3.72. The number of nitrogens with zero attached hydrogens (tertiary/aromatic N) is 6. The molecule has 0 radical (unpaired) electrons. The van der Waals surface area contributed by atoms with Crippen LogP contribution in [0.2, 0.25) is 0 Å². The highest BCUT2D eigenvalue weighted by Gasteiger charge is 2.42. The molecule has 0 spiro atoms. The van der Waals surface area contributed by atoms with Gasteiger partial charge in [0.25, 0.3) is 0 Å². The molecule has 1 amide bonds. The van der Waals surface area contributed by atoms with Crippen LogP contribution in [0.5, 0.6) is 0 Å². The maximum absolute atomic E-state index is 12.9. The van der Waals surface area contributed by atoms with Crippen LogP contribution in [0.25, 0.3) is 33.8 Å². The lowest BCUT2D eigenvalue weighted by Gasteiger charge is -2.25. The second-order valence-corrected chi connectivity index (χ2v) is 9.21. The lowest BCUT2D eigenvalue weighted by atomic mass is 9.91. The van der Waals surface area contributed by atoms with Gasteiger partial charge in [0.1, 0.15) is 34.7 Å². The lowest BCUT2D eigenvalue weighted by molar-refractivity contribution is -0.121. The first-order valence-corrected chi connectivity index (χ1v) is 11.5. The van der Waals surface area contributed by atoms with Crippen LogP contribution in [-0.4, -0.2) is 41.9 Å². The van der Waals surface area contributed by atoms with E-state index in [1.165, 1.54) is 0 Å². The van der Waals surface area contributed by atoms with Gasteiger partial charge in [0.05, 0.1) is 5.56 Å². The standard InChI is InChI=1S/C25H28N8O/c1-6-33-22(17-11-26-15(4)27-12-17)32-21-20(28-13-29-23(21)33)16-7-8-19-18(9-16)25(5,24(34)31-19)30-10-14(2)3/h7-9,11-14,30H,6,10H2,1-5H3,(H,31,34)/t25-/m0/s1. The summed E-state index contributed by atoms with van der Waals surface area (Å²) in [5.74, 6) is 1.82. The number of hydrogen-bond acceptors (Lipinski definition) is 7. The highest BCUT2D eigenvalue weighted by atomic mass is 16.2. The first-order chi connectivity index (χ1) is 16.3. The quantitative estimate of drug-likeness (QED) is 0.455. The van der Waals surface area contributed by atoms with Crippen LogP contribution in [0.3, 0.4) is 0 Å². The Morgan fingerprint density at radius 2 is 1.88 bits per heavy atom. The van der Waals surface area contributed by atoms with Crippen molar-refractivity contribution in [2.45, 2.75) is 46.7 Å². The fourth-order valence-electron chi connectivity index (χ4n) is 4.34. The average molecular weight is 457 g/mol. The van der Waals surface area contributed by atoms with Gasteiger partial charge in [0.15, 0.2) is 5.65 Å². The third-order valence-corrected chi connectivity index (χ3v) is 6.29. The van der Waals surface area contributed by atoms with E-state index in [-0.39, 0.29) is 5.91 Å². The van der Waals surface area contributed by atoms with Crippen LogP contribution in [0.1, 0.15) is 39.1 Å². The van der Waals surface area contributed by atoms with E-state index in [1.807, 2.05) is 36.6 Å². The predicted octanol–water partition coefficient (Wildman–Crippen LogP) is 3.69. The van der Waals surface area contributed by atoms with E-state index in [9.17, 15) is 4.79 Å². The van der Waals surface area contributed by atoms with Crippen molar-refractivity contribution >= 4 is 22.8 Å². The van der Waals surface area contributed by atoms with E-state index in [4.69, 9.17) is 4.98 Å². The zero-order valence-electron chi connectivity index (χ0n) is 20.0. The molecule has 0 unspecified atom stereocenters. The van der Waals surface area contributed by atoms with Gasteiger partial charge >= 0.3 is 0 Å². The highest BCUT2D eigenvalue weighted by molar-refractivity contribution is 6.06. The molecule has 0 fully saturated rings. The topological polar surface area (TPSA) is 111 Å². The molecular weight excluding hydrogens is 428 g/mol. The first kappa shape index (κ1) is 22.1. The van der Waals surface area contributed by atoms with Crippen LogP contribution in [0.4, 0.5) is 5.69 Å². The summed E-state index contributed by atoms with van der Waals surface area (Å²) in [5.41, 5.74) is 4.79. The molecule has 174 valence electrons. The minimum Gasteiger partial charge on any atom is -0.324 e. The van der Waals surface area contributed by atoms with Gasteiger partial charge in [-0.15, -0.1) is 0 Å². The normalized spacial score (nSPS) is 17.4. The minimum atomic E-state index is -0.811. The number of aromatic nitrogens is 6. The number of carbonyl (C=O) groups is 1. The van der Waals surface area contributed by atoms with Gasteiger partial charge in [0.2, 0.25) is 5.91 Å². The summed E-state index contributed by atoms with van der Waals surface area (Å²) in [6.45, 7) is 11.5. The molecule has 5 rings (SSSR count). The average Bonchev–Trinajstić information content (AvgIpc) is 3.33. The summed E-state index contributed by atoms with van der Waals surface area (Å²) in [7, 11) is 0. The van der Waals surface area contributed by atoms with Gasteiger partial charge in [-0.25, -0.2) is 24.9 Å². The van der Waals surface area contributed by atoms with Crippen molar-refractivity contribution in [3.05, 3.63) is 48.3 Å². The summed E-state index contributed by atoms with van der Waals surface area (Å²) in [5, 5.41) is 6.46. The molecule has 9 heteroatoms. The fourth-order valence-corrected chi connectivity index (χ4v) is 4.34.